The zero-order chi connectivity index (χ0) is 18.7. The lowest BCUT2D eigenvalue weighted by Crippen LogP contribution is -2.27. The Morgan fingerprint density at radius 2 is 1.77 bits per heavy atom. The summed E-state index contributed by atoms with van der Waals surface area (Å²) in [6.07, 6.45) is 4.72. The van der Waals surface area contributed by atoms with Crippen molar-refractivity contribution in [1.29, 1.82) is 0 Å². The monoisotopic (exact) mass is 369 g/mol. The predicted molar refractivity (Wildman–Crippen MR) is 103 cm³/mol. The summed E-state index contributed by atoms with van der Waals surface area (Å²) in [6, 6.07) is 11.7. The van der Waals surface area contributed by atoms with Crippen LogP contribution in [0.5, 0.6) is 11.5 Å². The van der Waals surface area contributed by atoms with Crippen molar-refractivity contribution in [3.8, 4) is 11.5 Å². The quantitative estimate of drug-likeness (QED) is 0.591. The van der Waals surface area contributed by atoms with Crippen LogP contribution in [0.25, 0.3) is 6.08 Å². The molecule has 0 saturated carbocycles. The first kappa shape index (κ1) is 18.1. The van der Waals surface area contributed by atoms with Crippen molar-refractivity contribution >= 4 is 34.7 Å². The van der Waals surface area contributed by atoms with E-state index < -0.39 is 5.91 Å². The third-order valence-electron chi connectivity index (χ3n) is 4.10. The van der Waals surface area contributed by atoms with Gasteiger partial charge in [-0.3, -0.25) is 9.59 Å². The predicted octanol–water partition coefficient (Wildman–Crippen LogP) is 4.68. The molecule has 26 heavy (non-hydrogen) atoms. The van der Waals surface area contributed by atoms with Crippen LogP contribution in [0.2, 0.25) is 0 Å². The molecule has 1 aliphatic heterocycles. The highest BCUT2D eigenvalue weighted by Crippen LogP contribution is 2.36. The maximum Gasteiger partial charge on any atom is 0.298 e. The fourth-order valence-electron chi connectivity index (χ4n) is 2.66. The van der Waals surface area contributed by atoms with Gasteiger partial charge in [-0.05, 0) is 66.1 Å². The number of amides is 2. The van der Waals surface area contributed by atoms with Crippen molar-refractivity contribution in [2.24, 2.45) is 0 Å². The SMILES string of the molecule is CCCCc1ccc(N2C(=O)S/C(=C\c3ccc(O)c(O)c3)C2=O)cc1. The minimum absolute atomic E-state index is 0.238. The van der Waals surface area contributed by atoms with Crippen LogP contribution in [0.1, 0.15) is 30.9 Å². The molecule has 1 saturated heterocycles. The largest absolute Gasteiger partial charge is 0.504 e. The summed E-state index contributed by atoms with van der Waals surface area (Å²) in [6.45, 7) is 2.13. The van der Waals surface area contributed by atoms with Gasteiger partial charge in [-0.15, -0.1) is 0 Å². The van der Waals surface area contributed by atoms with Gasteiger partial charge < -0.3 is 10.2 Å². The fourth-order valence-corrected chi connectivity index (χ4v) is 3.51. The molecule has 1 fully saturated rings. The third kappa shape index (κ3) is 3.75. The van der Waals surface area contributed by atoms with Crippen LogP contribution in [0.15, 0.2) is 47.4 Å². The van der Waals surface area contributed by atoms with E-state index >= 15 is 0 Å². The van der Waals surface area contributed by atoms with Crippen LogP contribution in [-0.2, 0) is 11.2 Å². The molecule has 0 unspecified atom stereocenters. The fraction of sp³-hybridized carbons (Fsp3) is 0.200. The second kappa shape index (κ2) is 7.66. The molecule has 6 heteroatoms. The Balaban J connectivity index is 1.82. The molecule has 134 valence electrons. The highest BCUT2D eigenvalue weighted by atomic mass is 32.2. The molecule has 2 amide bonds. The normalized spacial score (nSPS) is 15.9. The lowest BCUT2D eigenvalue weighted by atomic mass is 10.1. The highest BCUT2D eigenvalue weighted by Gasteiger charge is 2.36. The van der Waals surface area contributed by atoms with Crippen LogP contribution < -0.4 is 4.90 Å². The van der Waals surface area contributed by atoms with Gasteiger partial charge in [0.2, 0.25) is 0 Å². The highest BCUT2D eigenvalue weighted by molar-refractivity contribution is 8.19. The summed E-state index contributed by atoms with van der Waals surface area (Å²) >= 11 is 0.854. The topological polar surface area (TPSA) is 77.8 Å². The molecule has 0 atom stereocenters. The van der Waals surface area contributed by atoms with Crippen LogP contribution >= 0.6 is 11.8 Å². The van der Waals surface area contributed by atoms with Gasteiger partial charge in [0.25, 0.3) is 11.1 Å². The van der Waals surface area contributed by atoms with Gasteiger partial charge in [0.1, 0.15) is 0 Å². The number of hydrogen-bond donors (Lipinski definition) is 2. The molecule has 0 aromatic heterocycles. The third-order valence-corrected chi connectivity index (χ3v) is 4.97. The zero-order valence-corrected chi connectivity index (χ0v) is 15.1. The molecule has 2 N–H and O–H groups in total. The van der Waals surface area contributed by atoms with E-state index in [1.807, 2.05) is 12.1 Å². The summed E-state index contributed by atoms with van der Waals surface area (Å²) in [5.41, 5.74) is 2.25. The minimum atomic E-state index is -0.395. The number of phenolic OH excluding ortho intramolecular Hbond substituents is 2. The zero-order valence-electron chi connectivity index (χ0n) is 14.3. The minimum Gasteiger partial charge on any atom is -0.504 e. The number of aryl methyl sites for hydroxylation is 1. The number of carbonyl (C=O) groups excluding carboxylic acids is 2. The standard InChI is InChI=1S/C20H19NO4S/c1-2-3-4-13-5-8-15(9-6-13)21-19(24)18(26-20(21)25)12-14-7-10-16(22)17(23)11-14/h5-12,22-23H,2-4H2,1H3/b18-12-. The number of unbranched alkanes of at least 4 members (excludes halogenated alkanes) is 1. The smallest absolute Gasteiger partial charge is 0.298 e. The van der Waals surface area contributed by atoms with Gasteiger partial charge in [-0.1, -0.05) is 31.5 Å². The first-order valence-corrected chi connectivity index (χ1v) is 9.20. The first-order chi connectivity index (χ1) is 12.5. The average Bonchev–Trinajstić information content (AvgIpc) is 2.90. The molecule has 0 bridgehead atoms. The van der Waals surface area contributed by atoms with Gasteiger partial charge in [-0.25, -0.2) is 4.90 Å². The number of anilines is 1. The molecule has 0 radical (unpaired) electrons. The maximum absolute atomic E-state index is 12.6. The molecule has 1 aliphatic rings. The number of nitrogens with zero attached hydrogens (tertiary/aromatic N) is 1. The number of thioether (sulfide) groups is 1. The second-order valence-corrected chi connectivity index (χ2v) is 7.03. The Labute approximate surface area is 156 Å². The van der Waals surface area contributed by atoms with E-state index in [-0.39, 0.29) is 21.6 Å². The Bertz CT molecular complexity index is 874. The van der Waals surface area contributed by atoms with Crippen molar-refractivity contribution < 1.29 is 19.8 Å². The Morgan fingerprint density at radius 1 is 1.04 bits per heavy atom. The van der Waals surface area contributed by atoms with E-state index in [0.717, 1.165) is 35.9 Å². The van der Waals surface area contributed by atoms with Crippen LogP contribution in [0, 0.1) is 0 Å². The molecular weight excluding hydrogens is 350 g/mol. The number of carbonyl (C=O) groups is 2. The first-order valence-electron chi connectivity index (χ1n) is 8.38. The van der Waals surface area contributed by atoms with Crippen LogP contribution in [0.4, 0.5) is 10.5 Å². The van der Waals surface area contributed by atoms with E-state index in [9.17, 15) is 19.8 Å². The van der Waals surface area contributed by atoms with Crippen LogP contribution in [-0.4, -0.2) is 21.4 Å². The number of aromatic hydroxyl groups is 2. The summed E-state index contributed by atoms with van der Waals surface area (Å²) in [5.74, 6) is -0.909. The molecular formula is C20H19NO4S. The van der Waals surface area contributed by atoms with Crippen molar-refractivity contribution in [2.45, 2.75) is 26.2 Å². The summed E-state index contributed by atoms with van der Waals surface area (Å²) in [5, 5.41) is 18.6. The van der Waals surface area contributed by atoms with Gasteiger partial charge in [-0.2, -0.15) is 0 Å². The molecule has 2 aromatic rings. The molecule has 3 rings (SSSR count). The van der Waals surface area contributed by atoms with E-state index in [0.29, 0.717) is 11.3 Å². The van der Waals surface area contributed by atoms with Gasteiger partial charge in [0, 0.05) is 0 Å². The Morgan fingerprint density at radius 3 is 2.42 bits per heavy atom. The molecule has 5 nitrogen and oxygen atoms in total. The molecule has 0 spiro atoms. The number of imide groups is 1. The molecule has 1 heterocycles. The molecule has 2 aromatic carbocycles. The number of hydrogen-bond acceptors (Lipinski definition) is 5. The van der Waals surface area contributed by atoms with Gasteiger partial charge in [0.05, 0.1) is 10.6 Å². The number of phenols is 2. The number of benzene rings is 2. The van der Waals surface area contributed by atoms with E-state index in [1.165, 1.54) is 23.8 Å². The Hall–Kier alpha value is -2.73. The Kier molecular flexibility index (Phi) is 5.32. The number of rotatable bonds is 5. The van der Waals surface area contributed by atoms with Crippen molar-refractivity contribution in [3.63, 3.8) is 0 Å². The lowest BCUT2D eigenvalue weighted by Gasteiger charge is -2.13. The summed E-state index contributed by atoms with van der Waals surface area (Å²) in [7, 11) is 0. The van der Waals surface area contributed by atoms with Crippen molar-refractivity contribution in [1.82, 2.24) is 0 Å². The lowest BCUT2D eigenvalue weighted by molar-refractivity contribution is -0.113. The van der Waals surface area contributed by atoms with Crippen molar-refractivity contribution in [3.05, 3.63) is 58.5 Å². The van der Waals surface area contributed by atoms with Crippen LogP contribution in [0.3, 0.4) is 0 Å². The average molecular weight is 369 g/mol. The second-order valence-electron chi connectivity index (χ2n) is 6.04. The van der Waals surface area contributed by atoms with E-state index in [4.69, 9.17) is 0 Å². The van der Waals surface area contributed by atoms with Crippen molar-refractivity contribution in [2.75, 3.05) is 4.90 Å². The van der Waals surface area contributed by atoms with Gasteiger partial charge >= 0.3 is 0 Å². The van der Waals surface area contributed by atoms with E-state index in [1.54, 1.807) is 18.2 Å². The van der Waals surface area contributed by atoms with E-state index in [2.05, 4.69) is 6.92 Å². The maximum atomic E-state index is 12.6. The molecule has 0 aliphatic carbocycles. The van der Waals surface area contributed by atoms with Gasteiger partial charge in [0.15, 0.2) is 11.5 Å². The summed E-state index contributed by atoms with van der Waals surface area (Å²) in [4.78, 5) is 26.4. The summed E-state index contributed by atoms with van der Waals surface area (Å²) < 4.78 is 0.